The highest BCUT2D eigenvalue weighted by atomic mass is 15.0. The lowest BCUT2D eigenvalue weighted by atomic mass is 9.70. The van der Waals surface area contributed by atoms with E-state index in [0.717, 1.165) is 55.6 Å². The fourth-order valence-corrected chi connectivity index (χ4v) is 9.16. The summed E-state index contributed by atoms with van der Waals surface area (Å²) in [6.45, 7) is 0. The summed E-state index contributed by atoms with van der Waals surface area (Å²) in [7, 11) is 0. The second-order valence-electron chi connectivity index (χ2n) is 14.6. The zero-order valence-electron chi connectivity index (χ0n) is 30.8. The molecule has 0 bridgehead atoms. The van der Waals surface area contributed by atoms with Crippen molar-refractivity contribution in [1.29, 1.82) is 5.26 Å². The van der Waals surface area contributed by atoms with E-state index in [2.05, 4.69) is 146 Å². The largest absolute Gasteiger partial charge is 0.208 e. The van der Waals surface area contributed by atoms with Crippen LogP contribution in [0.25, 0.3) is 78.7 Å². The summed E-state index contributed by atoms with van der Waals surface area (Å²) < 4.78 is 0. The van der Waals surface area contributed by atoms with Gasteiger partial charge in [0.05, 0.1) is 17.0 Å². The molecule has 9 aromatic rings. The molecule has 0 unspecified atom stereocenters. The molecule has 4 nitrogen and oxygen atoms in total. The first-order chi connectivity index (χ1) is 28.2. The van der Waals surface area contributed by atoms with E-state index in [1.54, 1.807) is 0 Å². The first kappa shape index (κ1) is 32.7. The average molecular weight is 725 g/mol. The van der Waals surface area contributed by atoms with Gasteiger partial charge in [0.15, 0.2) is 17.5 Å². The van der Waals surface area contributed by atoms with Gasteiger partial charge in [-0.15, -0.1) is 0 Å². The van der Waals surface area contributed by atoms with E-state index >= 15 is 0 Å². The van der Waals surface area contributed by atoms with Gasteiger partial charge >= 0.3 is 0 Å². The van der Waals surface area contributed by atoms with E-state index < -0.39 is 5.41 Å². The van der Waals surface area contributed by atoms with Gasteiger partial charge in [-0.1, -0.05) is 182 Å². The van der Waals surface area contributed by atoms with Gasteiger partial charge in [0.2, 0.25) is 0 Å². The molecule has 0 fully saturated rings. The minimum atomic E-state index is -0.581. The standard InChI is InChI=1S/C53H32N4/c54-33-39-18-13-25-47-49(39)44-31-30-38(32-48(44)53(47)45-23-11-9-20-41(45)42-21-10-12-24-46(42)53)40-19-7-8-22-43(40)52-56-50(36-16-5-2-6-17-36)55-51(57-52)37-28-26-35(27-29-37)34-14-3-1-4-15-34/h1-32H. The molecule has 1 heterocycles. The highest BCUT2D eigenvalue weighted by molar-refractivity contribution is 5.98. The fourth-order valence-electron chi connectivity index (χ4n) is 9.16. The molecule has 0 atom stereocenters. The van der Waals surface area contributed by atoms with Crippen LogP contribution in [-0.4, -0.2) is 15.0 Å². The summed E-state index contributed by atoms with van der Waals surface area (Å²) in [5.41, 5.74) is 16.5. The monoisotopic (exact) mass is 724 g/mol. The smallest absolute Gasteiger partial charge is 0.164 e. The number of fused-ring (bicyclic) bond motifs is 10. The van der Waals surface area contributed by atoms with Crippen LogP contribution < -0.4 is 0 Å². The summed E-state index contributed by atoms with van der Waals surface area (Å²) in [5.74, 6) is 1.83. The van der Waals surface area contributed by atoms with Crippen molar-refractivity contribution in [2.45, 2.75) is 5.41 Å². The van der Waals surface area contributed by atoms with E-state index in [9.17, 15) is 5.26 Å². The number of hydrogen-bond acceptors (Lipinski definition) is 4. The van der Waals surface area contributed by atoms with Crippen LogP contribution in [0.1, 0.15) is 27.8 Å². The lowest BCUT2D eigenvalue weighted by Gasteiger charge is -2.30. The second-order valence-corrected chi connectivity index (χ2v) is 14.6. The Morgan fingerprint density at radius 3 is 1.46 bits per heavy atom. The molecule has 11 rings (SSSR count). The summed E-state index contributed by atoms with van der Waals surface area (Å²) >= 11 is 0. The van der Waals surface area contributed by atoms with Gasteiger partial charge in [-0.2, -0.15) is 5.26 Å². The molecular formula is C53H32N4. The number of hydrogen-bond donors (Lipinski definition) is 0. The Balaban J connectivity index is 1.11. The van der Waals surface area contributed by atoms with Crippen LogP contribution in [0.15, 0.2) is 194 Å². The van der Waals surface area contributed by atoms with Crippen LogP contribution in [0.4, 0.5) is 0 Å². The van der Waals surface area contributed by atoms with Crippen molar-refractivity contribution >= 4 is 0 Å². The molecule has 2 aliphatic carbocycles. The molecule has 2 aliphatic rings. The Kier molecular flexibility index (Phi) is 7.42. The van der Waals surface area contributed by atoms with Crippen LogP contribution in [0.5, 0.6) is 0 Å². The first-order valence-electron chi connectivity index (χ1n) is 19.2. The summed E-state index contributed by atoms with van der Waals surface area (Å²) in [6.07, 6.45) is 0. The van der Waals surface area contributed by atoms with Crippen molar-refractivity contribution in [3.05, 3.63) is 222 Å². The van der Waals surface area contributed by atoms with E-state index in [1.165, 1.54) is 27.8 Å². The molecule has 0 amide bonds. The Bertz CT molecular complexity index is 3030. The average Bonchev–Trinajstić information content (AvgIpc) is 3.77. The summed E-state index contributed by atoms with van der Waals surface area (Å²) in [6, 6.07) is 70.2. The molecular weight excluding hydrogens is 693 g/mol. The molecule has 4 heteroatoms. The SMILES string of the molecule is N#Cc1cccc2c1-c1ccc(-c3ccccc3-c3nc(-c4ccccc4)nc(-c4ccc(-c5ccccc5)cc4)n3)cc1C21c2ccccc2-c2ccccc21. The zero-order chi connectivity index (χ0) is 37.9. The van der Waals surface area contributed by atoms with Crippen LogP contribution in [0.3, 0.4) is 0 Å². The Labute approximate surface area is 331 Å². The molecule has 1 spiro atoms. The van der Waals surface area contributed by atoms with Crippen LogP contribution in [-0.2, 0) is 5.41 Å². The maximum atomic E-state index is 10.5. The van der Waals surface area contributed by atoms with E-state index in [4.69, 9.17) is 15.0 Å². The van der Waals surface area contributed by atoms with Gasteiger partial charge in [-0.3, -0.25) is 0 Å². The van der Waals surface area contributed by atoms with Gasteiger partial charge in [-0.25, -0.2) is 15.0 Å². The normalized spacial score (nSPS) is 12.7. The molecule has 0 aliphatic heterocycles. The third kappa shape index (κ3) is 4.96. The molecule has 57 heavy (non-hydrogen) atoms. The topological polar surface area (TPSA) is 62.5 Å². The van der Waals surface area contributed by atoms with Crippen molar-refractivity contribution in [3.63, 3.8) is 0 Å². The van der Waals surface area contributed by atoms with Gasteiger partial charge < -0.3 is 0 Å². The Morgan fingerprint density at radius 1 is 0.333 bits per heavy atom. The minimum absolute atomic E-state index is 0.581. The molecule has 0 radical (unpaired) electrons. The van der Waals surface area contributed by atoms with E-state index in [1.807, 2.05) is 54.6 Å². The number of nitriles is 1. The van der Waals surface area contributed by atoms with Crippen molar-refractivity contribution in [2.75, 3.05) is 0 Å². The quantitative estimate of drug-likeness (QED) is 0.177. The molecule has 264 valence electrons. The van der Waals surface area contributed by atoms with Crippen LogP contribution in [0, 0.1) is 11.3 Å². The zero-order valence-corrected chi connectivity index (χ0v) is 30.8. The third-order valence-corrected chi connectivity index (χ3v) is 11.6. The predicted molar refractivity (Wildman–Crippen MR) is 228 cm³/mol. The highest BCUT2D eigenvalue weighted by Gasteiger charge is 2.52. The molecule has 0 saturated heterocycles. The molecule has 0 N–H and O–H groups in total. The fraction of sp³-hybridized carbons (Fsp3) is 0.0189. The Morgan fingerprint density at radius 2 is 0.807 bits per heavy atom. The van der Waals surface area contributed by atoms with Crippen LogP contribution in [0.2, 0.25) is 0 Å². The number of rotatable bonds is 5. The van der Waals surface area contributed by atoms with Crippen molar-refractivity contribution in [1.82, 2.24) is 15.0 Å². The number of aromatic nitrogens is 3. The minimum Gasteiger partial charge on any atom is -0.208 e. The molecule has 1 aromatic heterocycles. The first-order valence-corrected chi connectivity index (χ1v) is 19.2. The number of nitrogens with zero attached hydrogens (tertiary/aromatic N) is 4. The predicted octanol–water partition coefficient (Wildman–Crippen LogP) is 12.4. The van der Waals surface area contributed by atoms with Gasteiger partial charge in [0.25, 0.3) is 0 Å². The molecule has 8 aromatic carbocycles. The van der Waals surface area contributed by atoms with Crippen molar-refractivity contribution in [2.24, 2.45) is 0 Å². The van der Waals surface area contributed by atoms with E-state index in [-0.39, 0.29) is 0 Å². The highest BCUT2D eigenvalue weighted by Crippen LogP contribution is 2.63. The summed E-state index contributed by atoms with van der Waals surface area (Å²) in [5, 5.41) is 10.5. The summed E-state index contributed by atoms with van der Waals surface area (Å²) in [4.78, 5) is 15.4. The second kappa shape index (κ2) is 12.9. The lowest BCUT2D eigenvalue weighted by molar-refractivity contribution is 0.794. The van der Waals surface area contributed by atoms with Crippen molar-refractivity contribution in [3.8, 4) is 84.7 Å². The van der Waals surface area contributed by atoms with Gasteiger partial charge in [-0.05, 0) is 73.3 Å². The van der Waals surface area contributed by atoms with Crippen molar-refractivity contribution < 1.29 is 0 Å². The van der Waals surface area contributed by atoms with Gasteiger partial charge in [0.1, 0.15) is 0 Å². The third-order valence-electron chi connectivity index (χ3n) is 11.6. The van der Waals surface area contributed by atoms with Crippen LogP contribution >= 0.6 is 0 Å². The molecule has 0 saturated carbocycles. The van der Waals surface area contributed by atoms with Gasteiger partial charge in [0, 0.05) is 22.3 Å². The van der Waals surface area contributed by atoms with E-state index in [0.29, 0.717) is 23.0 Å². The maximum Gasteiger partial charge on any atom is 0.164 e. The maximum absolute atomic E-state index is 10.5. The Hall–Kier alpha value is -7.74. The number of benzene rings is 8. The lowest BCUT2D eigenvalue weighted by Crippen LogP contribution is -2.25.